The molecular weight excluding hydrogens is 1440 g/mol. The van der Waals surface area contributed by atoms with Crippen molar-refractivity contribution in [2.24, 2.45) is 0 Å². The number of benzene rings is 7. The molecule has 0 radical (unpaired) electrons. The highest BCUT2D eigenvalue weighted by atomic mass is 15.1. The van der Waals surface area contributed by atoms with Crippen molar-refractivity contribution in [2.75, 3.05) is 54.0 Å². The van der Waals surface area contributed by atoms with Crippen LogP contribution in [-0.4, -0.2) is 39.3 Å². The maximum Gasteiger partial charge on any atom is 0.138 e. The van der Waals surface area contributed by atoms with Gasteiger partial charge in [-0.05, 0) is 159 Å². The minimum atomic E-state index is -0.383. The molecule has 117 heavy (non-hydrogen) atoms. The highest BCUT2D eigenvalue weighted by Gasteiger charge is 2.28. The quantitative estimate of drug-likeness (QED) is 0.0254. The molecule has 0 saturated carbocycles. The number of anilines is 3. The zero-order valence-electron chi connectivity index (χ0n) is 69.0. The Morgan fingerprint density at radius 3 is 0.547 bits per heavy atom. The maximum absolute atomic E-state index is 11.8. The van der Waals surface area contributed by atoms with E-state index in [4.69, 9.17) is 0 Å². The average molecular weight is 1540 g/mol. The molecule has 0 unspecified atom stereocenters. The number of unbranched alkanes of at least 4 members (excludes halogenated alkanes) is 18. The van der Waals surface area contributed by atoms with E-state index in [1.807, 2.05) is 109 Å². The van der Waals surface area contributed by atoms with Crippen LogP contribution in [0.1, 0.15) is 229 Å². The Labute approximate surface area is 693 Å². The molecule has 7 rings (SSSR count). The Balaban J connectivity index is 1.78. The third-order valence-electron chi connectivity index (χ3n) is 21.3. The predicted octanol–water partition coefficient (Wildman–Crippen LogP) is 19.3. The second kappa shape index (κ2) is 49.7. The van der Waals surface area contributed by atoms with Gasteiger partial charge in [0.15, 0.2) is 0 Å². The van der Waals surface area contributed by atoms with Crippen LogP contribution in [0.5, 0.6) is 0 Å². The standard InChI is InChI=1S/C102H105N15/c1-7-13-19-25-55-115(56-26-20-14-8-2)94-49-43-82(44-50-94)97(79-37-31-76(32-38-79)88(64-103)65-104)100(91(70-109)71-110)85-61-86(101(92(72-111)73-112)98(80-39-33-77(34-40-80)89(66-105)67-106)83-45-51-95(52-46-83)116(57-27-21-15-9-3)58-28-22-16-10-4)63-87(62-85)102(93(74-113)75-114)99(81-41-35-78(36-42-81)90(68-107)69-108)84-47-53-96(54-48-84)117(59-29-23-17-11-5)60-30-24-18-12-6/h31-54,61-63H,7-30,55-60H2,1-6H3. The van der Waals surface area contributed by atoms with E-state index in [2.05, 4.69) is 92.7 Å². The van der Waals surface area contributed by atoms with Crippen LogP contribution in [0.4, 0.5) is 17.1 Å². The van der Waals surface area contributed by atoms with E-state index in [1.165, 1.54) is 0 Å². The number of nitriles is 12. The van der Waals surface area contributed by atoms with Gasteiger partial charge in [-0.3, -0.25) is 0 Å². The summed E-state index contributed by atoms with van der Waals surface area (Å²) in [5.74, 6) is 0. The molecule has 0 aliphatic heterocycles. The molecule has 0 spiro atoms. The summed E-state index contributed by atoms with van der Waals surface area (Å²) >= 11 is 0. The SMILES string of the molecule is CCCCCCN(CCCCCC)c1ccc(C(C(=C(C#N)C#N)c2cc(C(=C(C#N)C#N)C(c3ccc(N(CCCCCC)CCCCCC)cc3)=c3ccc(=C(C#N)C#N)cc3)cc(C(=C(C#N)C#N)C(c3ccc(N(CCCCCC)CCCCCC)cc3)=c3ccc(=C(C#N)C#N)cc3)c2)=c2ccc(=C(C#N)C#N)cc2)cc1. The third-order valence-corrected chi connectivity index (χ3v) is 21.3. The van der Waals surface area contributed by atoms with Gasteiger partial charge in [-0.25, -0.2) is 0 Å². The summed E-state index contributed by atoms with van der Waals surface area (Å²) in [5.41, 5.74) is 4.58. The molecule has 0 saturated heterocycles. The second-order valence-electron chi connectivity index (χ2n) is 29.3. The van der Waals surface area contributed by atoms with Gasteiger partial charge in [0.1, 0.15) is 106 Å². The molecule has 588 valence electrons. The van der Waals surface area contributed by atoms with Crippen molar-refractivity contribution in [3.8, 4) is 72.8 Å². The number of rotatable bonds is 42. The summed E-state index contributed by atoms with van der Waals surface area (Å²) in [5, 5.41) is 134. The largest absolute Gasteiger partial charge is 0.372 e. The van der Waals surface area contributed by atoms with Crippen LogP contribution < -0.4 is 46.0 Å². The minimum Gasteiger partial charge on any atom is -0.372 e. The fourth-order valence-electron chi connectivity index (χ4n) is 15.0. The number of nitrogens with zero attached hydrogens (tertiary/aromatic N) is 15. The Bertz CT molecular complexity index is 4900. The molecule has 0 aliphatic carbocycles. The minimum absolute atomic E-state index is 0.0579. The molecule has 0 N–H and O–H groups in total. The molecule has 0 atom stereocenters. The molecule has 0 aromatic heterocycles. The maximum atomic E-state index is 11.8. The zero-order chi connectivity index (χ0) is 84.1. The highest BCUT2D eigenvalue weighted by Crippen LogP contribution is 2.43. The van der Waals surface area contributed by atoms with Crippen LogP contribution in [0.25, 0.3) is 50.2 Å². The lowest BCUT2D eigenvalue weighted by Gasteiger charge is -2.26. The molecule has 0 bridgehead atoms. The first-order chi connectivity index (χ1) is 57.3. The molecule has 7 aromatic carbocycles. The number of hydrogen-bond donors (Lipinski definition) is 0. The van der Waals surface area contributed by atoms with Crippen molar-refractivity contribution >= 4 is 67.2 Å². The second-order valence-corrected chi connectivity index (χ2v) is 29.3. The summed E-state index contributed by atoms with van der Waals surface area (Å²) in [4.78, 5) is 7.20. The van der Waals surface area contributed by atoms with Gasteiger partial charge in [-0.2, -0.15) is 63.1 Å². The van der Waals surface area contributed by atoms with E-state index >= 15 is 0 Å². The average Bonchev–Trinajstić information content (AvgIpc) is 0.750. The van der Waals surface area contributed by atoms with E-state index in [-0.39, 0.29) is 66.8 Å². The summed E-state index contributed by atoms with van der Waals surface area (Å²) in [6.45, 7) is 18.0. The molecular formula is C102H105N15. The summed E-state index contributed by atoms with van der Waals surface area (Å²) in [7, 11) is 0. The summed E-state index contributed by atoms with van der Waals surface area (Å²) in [6, 6.07) is 74.6. The van der Waals surface area contributed by atoms with E-state index in [9.17, 15) is 63.1 Å². The van der Waals surface area contributed by atoms with Crippen LogP contribution in [0, 0.1) is 136 Å². The normalized spacial score (nSPS) is 10.2. The van der Waals surface area contributed by atoms with Crippen molar-refractivity contribution in [3.05, 3.63) is 245 Å². The van der Waals surface area contributed by atoms with Crippen molar-refractivity contribution in [3.63, 3.8) is 0 Å². The fraction of sp³-hybridized carbons (Fsp3) is 0.353. The van der Waals surface area contributed by atoms with Crippen molar-refractivity contribution in [2.45, 2.75) is 196 Å². The van der Waals surface area contributed by atoms with Gasteiger partial charge < -0.3 is 14.7 Å². The van der Waals surface area contributed by atoms with E-state index in [1.54, 1.807) is 91.0 Å². The number of allylic oxidation sites excluding steroid dienone is 6. The molecule has 7 aromatic rings. The molecule has 0 amide bonds. The van der Waals surface area contributed by atoms with E-state index < -0.39 is 0 Å². The Morgan fingerprint density at radius 1 is 0.205 bits per heavy atom. The van der Waals surface area contributed by atoms with Gasteiger partial charge in [0.2, 0.25) is 0 Å². The van der Waals surface area contributed by atoms with Crippen LogP contribution in [0.3, 0.4) is 0 Å². The highest BCUT2D eigenvalue weighted by molar-refractivity contribution is 6.14. The van der Waals surface area contributed by atoms with Crippen molar-refractivity contribution in [1.82, 2.24) is 0 Å². The van der Waals surface area contributed by atoms with Gasteiger partial charge in [0, 0.05) is 88.7 Å². The monoisotopic (exact) mass is 1540 g/mol. The van der Waals surface area contributed by atoms with Crippen molar-refractivity contribution in [1.29, 1.82) is 63.1 Å². The third kappa shape index (κ3) is 25.1. The predicted molar refractivity (Wildman–Crippen MR) is 470 cm³/mol. The van der Waals surface area contributed by atoms with Gasteiger partial charge in [-0.15, -0.1) is 0 Å². The lowest BCUT2D eigenvalue weighted by atomic mass is 9.80. The first-order valence-electron chi connectivity index (χ1n) is 41.7. The van der Waals surface area contributed by atoms with Gasteiger partial charge in [0.25, 0.3) is 0 Å². The van der Waals surface area contributed by atoms with Crippen LogP contribution >= 0.6 is 0 Å². The van der Waals surface area contributed by atoms with Crippen LogP contribution in [0.2, 0.25) is 0 Å². The van der Waals surface area contributed by atoms with Crippen LogP contribution in [-0.2, 0) is 0 Å². The molecule has 15 heteroatoms. The smallest absolute Gasteiger partial charge is 0.138 e. The first kappa shape index (κ1) is 90.5. The van der Waals surface area contributed by atoms with Gasteiger partial charge in [0.05, 0.1) is 0 Å². The lowest BCUT2D eigenvalue weighted by Crippen LogP contribution is -2.25. The van der Waals surface area contributed by atoms with E-state index in [0.717, 1.165) is 210 Å². The molecule has 0 heterocycles. The van der Waals surface area contributed by atoms with Gasteiger partial charge >= 0.3 is 0 Å². The Hall–Kier alpha value is -13.7. The van der Waals surface area contributed by atoms with Crippen LogP contribution in [0.15, 0.2) is 181 Å². The van der Waals surface area contributed by atoms with Gasteiger partial charge in [-0.1, -0.05) is 266 Å². The lowest BCUT2D eigenvalue weighted by molar-refractivity contribution is 0.609. The van der Waals surface area contributed by atoms with Crippen molar-refractivity contribution < 1.29 is 0 Å². The Kier molecular flexibility index (Phi) is 38.4. The molecule has 0 fully saturated rings. The molecule has 15 nitrogen and oxygen atoms in total. The zero-order valence-corrected chi connectivity index (χ0v) is 69.0. The topological polar surface area (TPSA) is 295 Å². The molecule has 0 aliphatic rings. The van der Waals surface area contributed by atoms with E-state index in [0.29, 0.717) is 64.7 Å². The fourth-order valence-corrected chi connectivity index (χ4v) is 15.0. The Morgan fingerprint density at radius 2 is 0.385 bits per heavy atom. The number of hydrogen-bond acceptors (Lipinski definition) is 15. The summed E-state index contributed by atoms with van der Waals surface area (Å²) in [6.07, 6.45) is 25.3. The summed E-state index contributed by atoms with van der Waals surface area (Å²) < 4.78 is 0. The first-order valence-corrected chi connectivity index (χ1v) is 41.7.